The summed E-state index contributed by atoms with van der Waals surface area (Å²) in [5, 5.41) is 4.15. The lowest BCUT2D eigenvalue weighted by Crippen LogP contribution is -2.19. The van der Waals surface area contributed by atoms with Crippen LogP contribution < -0.4 is 5.43 Å². The van der Waals surface area contributed by atoms with Gasteiger partial charge in [-0.1, -0.05) is 46.3 Å². The van der Waals surface area contributed by atoms with Crippen molar-refractivity contribution in [2.75, 3.05) is 5.75 Å². The zero-order chi connectivity index (χ0) is 15.8. The van der Waals surface area contributed by atoms with Gasteiger partial charge in [0, 0.05) is 21.5 Å². The van der Waals surface area contributed by atoms with Crippen molar-refractivity contribution in [1.82, 2.24) is 5.43 Å². The molecule has 0 radical (unpaired) electrons. The van der Waals surface area contributed by atoms with Crippen LogP contribution in [0.15, 0.2) is 69.1 Å². The predicted octanol–water partition coefficient (Wildman–Crippen LogP) is 4.47. The number of hydrazone groups is 1. The molecule has 0 saturated heterocycles. The smallest absolute Gasteiger partial charge is 0.240 e. The van der Waals surface area contributed by atoms with Crippen LogP contribution in [0.2, 0.25) is 0 Å². The largest absolute Gasteiger partial charge is 0.273 e. The average molecular weight is 377 g/mol. The number of hydrogen-bond acceptors (Lipinski definition) is 3. The number of hydrogen-bond donors (Lipinski definition) is 1. The highest BCUT2D eigenvalue weighted by Crippen LogP contribution is 2.17. The van der Waals surface area contributed by atoms with E-state index >= 15 is 0 Å². The first kappa shape index (κ1) is 16.8. The molecule has 0 aliphatic rings. The number of benzene rings is 2. The molecule has 0 spiro atoms. The van der Waals surface area contributed by atoms with Crippen molar-refractivity contribution in [3.63, 3.8) is 0 Å². The SMILES string of the molecule is C/C(=N/NC(=O)CCSc1ccccc1)c1cccc(Br)c1. The third-order valence-corrected chi connectivity index (χ3v) is 4.44. The van der Waals surface area contributed by atoms with Crippen molar-refractivity contribution in [3.05, 3.63) is 64.6 Å². The molecule has 0 aromatic heterocycles. The van der Waals surface area contributed by atoms with Gasteiger partial charge in [-0.25, -0.2) is 5.43 Å². The molecule has 0 aliphatic heterocycles. The van der Waals surface area contributed by atoms with Crippen LogP contribution in [0.25, 0.3) is 0 Å². The second-order valence-corrected chi connectivity index (χ2v) is 6.74. The summed E-state index contributed by atoms with van der Waals surface area (Å²) >= 11 is 5.09. The van der Waals surface area contributed by atoms with E-state index in [-0.39, 0.29) is 5.91 Å². The van der Waals surface area contributed by atoms with Crippen molar-refractivity contribution >= 4 is 39.3 Å². The van der Waals surface area contributed by atoms with Crippen molar-refractivity contribution in [3.8, 4) is 0 Å². The monoisotopic (exact) mass is 376 g/mol. The van der Waals surface area contributed by atoms with E-state index in [9.17, 15) is 4.79 Å². The number of thioether (sulfide) groups is 1. The van der Waals surface area contributed by atoms with Gasteiger partial charge in [0.1, 0.15) is 0 Å². The summed E-state index contributed by atoms with van der Waals surface area (Å²) in [5.41, 5.74) is 4.37. The summed E-state index contributed by atoms with van der Waals surface area (Å²) in [6.45, 7) is 1.88. The molecule has 5 heteroatoms. The van der Waals surface area contributed by atoms with E-state index < -0.39 is 0 Å². The molecule has 0 bridgehead atoms. The lowest BCUT2D eigenvalue weighted by molar-refractivity contribution is -0.120. The molecular formula is C17H17BrN2OS. The molecule has 3 nitrogen and oxygen atoms in total. The number of nitrogens with zero attached hydrogens (tertiary/aromatic N) is 1. The van der Waals surface area contributed by atoms with E-state index in [1.165, 1.54) is 4.90 Å². The summed E-state index contributed by atoms with van der Waals surface area (Å²) in [4.78, 5) is 13.0. The van der Waals surface area contributed by atoms with Crippen molar-refractivity contribution in [2.24, 2.45) is 5.10 Å². The molecule has 114 valence electrons. The van der Waals surface area contributed by atoms with Gasteiger partial charge in [-0.15, -0.1) is 11.8 Å². The van der Waals surface area contributed by atoms with Crippen molar-refractivity contribution in [1.29, 1.82) is 0 Å². The van der Waals surface area contributed by atoms with Crippen LogP contribution in [-0.4, -0.2) is 17.4 Å². The fraction of sp³-hybridized carbons (Fsp3) is 0.176. The number of halogens is 1. The van der Waals surface area contributed by atoms with Crippen molar-refractivity contribution in [2.45, 2.75) is 18.2 Å². The zero-order valence-electron chi connectivity index (χ0n) is 12.3. The highest BCUT2D eigenvalue weighted by molar-refractivity contribution is 9.10. The van der Waals surface area contributed by atoms with Gasteiger partial charge >= 0.3 is 0 Å². The average Bonchev–Trinajstić information content (AvgIpc) is 2.53. The van der Waals surface area contributed by atoms with Crippen molar-refractivity contribution < 1.29 is 4.79 Å². The minimum Gasteiger partial charge on any atom is -0.273 e. The fourth-order valence-corrected chi connectivity index (χ4v) is 3.03. The van der Waals surface area contributed by atoms with Gasteiger partial charge in [0.25, 0.3) is 0 Å². The first-order valence-corrected chi connectivity index (χ1v) is 8.70. The maximum atomic E-state index is 11.8. The summed E-state index contributed by atoms with van der Waals surface area (Å²) in [6, 6.07) is 17.9. The third-order valence-electron chi connectivity index (χ3n) is 2.93. The summed E-state index contributed by atoms with van der Waals surface area (Å²) in [7, 11) is 0. The third kappa shape index (κ3) is 5.66. The van der Waals surface area contributed by atoms with Gasteiger partial charge in [0.05, 0.1) is 5.71 Å². The Morgan fingerprint density at radius 2 is 1.95 bits per heavy atom. The van der Waals surface area contributed by atoms with Crippen LogP contribution >= 0.6 is 27.7 Å². The first-order valence-electron chi connectivity index (χ1n) is 6.92. The molecule has 0 heterocycles. The Bertz CT molecular complexity index is 659. The Kier molecular flexibility index (Phi) is 6.68. The predicted molar refractivity (Wildman–Crippen MR) is 96.3 cm³/mol. The normalized spacial score (nSPS) is 11.3. The van der Waals surface area contributed by atoms with E-state index in [4.69, 9.17) is 0 Å². The molecule has 2 aromatic rings. The molecule has 1 amide bonds. The first-order chi connectivity index (χ1) is 10.6. The van der Waals surface area contributed by atoms with Gasteiger partial charge in [-0.05, 0) is 36.8 Å². The number of rotatable bonds is 6. The molecule has 2 rings (SSSR count). The minimum absolute atomic E-state index is 0.0715. The second kappa shape index (κ2) is 8.76. The maximum absolute atomic E-state index is 11.8. The van der Waals surface area contributed by atoms with Gasteiger partial charge in [0.15, 0.2) is 0 Å². The summed E-state index contributed by atoms with van der Waals surface area (Å²) in [6.07, 6.45) is 0.439. The second-order valence-electron chi connectivity index (χ2n) is 4.65. The molecule has 0 unspecified atom stereocenters. The Labute approximate surface area is 143 Å². The number of amides is 1. The van der Waals surface area contributed by atoms with Gasteiger partial charge in [0.2, 0.25) is 5.91 Å². The Morgan fingerprint density at radius 3 is 2.68 bits per heavy atom. The molecule has 2 aromatic carbocycles. The van der Waals surface area contributed by atoms with Gasteiger partial charge < -0.3 is 0 Å². The molecule has 0 atom stereocenters. The van der Waals surface area contributed by atoms with Crippen LogP contribution in [0.4, 0.5) is 0 Å². The zero-order valence-corrected chi connectivity index (χ0v) is 14.7. The molecule has 0 aliphatic carbocycles. The lowest BCUT2D eigenvalue weighted by Gasteiger charge is -2.04. The van der Waals surface area contributed by atoms with E-state index in [1.807, 2.05) is 61.5 Å². The summed E-state index contributed by atoms with van der Waals surface area (Å²) < 4.78 is 0.991. The molecule has 0 saturated carbocycles. The van der Waals surface area contributed by atoms with E-state index in [0.29, 0.717) is 6.42 Å². The highest BCUT2D eigenvalue weighted by Gasteiger charge is 2.02. The molecule has 22 heavy (non-hydrogen) atoms. The van der Waals surface area contributed by atoms with Gasteiger partial charge in [-0.3, -0.25) is 4.79 Å². The quantitative estimate of drug-likeness (QED) is 0.458. The van der Waals surface area contributed by atoms with Crippen LogP contribution in [-0.2, 0) is 4.79 Å². The summed E-state index contributed by atoms with van der Waals surface area (Å²) in [5.74, 6) is 0.666. The number of carbonyl (C=O) groups excluding carboxylic acids is 1. The lowest BCUT2D eigenvalue weighted by atomic mass is 10.1. The van der Waals surface area contributed by atoms with E-state index in [0.717, 1.165) is 21.5 Å². The topological polar surface area (TPSA) is 41.5 Å². The Morgan fingerprint density at radius 1 is 1.18 bits per heavy atom. The van der Waals surface area contributed by atoms with E-state index in [2.05, 4.69) is 26.5 Å². The van der Waals surface area contributed by atoms with Crippen LogP contribution in [0.3, 0.4) is 0 Å². The number of carbonyl (C=O) groups is 1. The minimum atomic E-state index is -0.0715. The van der Waals surface area contributed by atoms with Gasteiger partial charge in [-0.2, -0.15) is 5.10 Å². The Hall–Kier alpha value is -1.59. The molecular weight excluding hydrogens is 360 g/mol. The standard InChI is InChI=1S/C17H17BrN2OS/c1-13(14-6-5-7-15(18)12-14)19-20-17(21)10-11-22-16-8-3-2-4-9-16/h2-9,12H,10-11H2,1H3,(H,20,21)/b19-13-. The van der Waals surface area contributed by atoms with Crippen LogP contribution in [0.5, 0.6) is 0 Å². The van der Waals surface area contributed by atoms with Crippen LogP contribution in [0.1, 0.15) is 18.9 Å². The maximum Gasteiger partial charge on any atom is 0.240 e. The number of nitrogens with one attached hydrogen (secondary N) is 1. The molecule has 1 N–H and O–H groups in total. The fourth-order valence-electron chi connectivity index (χ4n) is 1.76. The van der Waals surface area contributed by atoms with Crippen LogP contribution in [0, 0.1) is 0 Å². The van der Waals surface area contributed by atoms with E-state index in [1.54, 1.807) is 11.8 Å². The molecule has 0 fully saturated rings. The highest BCUT2D eigenvalue weighted by atomic mass is 79.9. The Balaban J connectivity index is 1.78.